The van der Waals surface area contributed by atoms with Gasteiger partial charge in [0.2, 0.25) is 0 Å². The van der Waals surface area contributed by atoms with Crippen LogP contribution in [0.15, 0.2) is 42.5 Å². The Hall–Kier alpha value is -2.67. The molecule has 0 heterocycles. The maximum Gasteiger partial charge on any atom is 0.292 e. The van der Waals surface area contributed by atoms with E-state index in [1.807, 2.05) is 0 Å². The van der Waals surface area contributed by atoms with Crippen LogP contribution in [0.25, 0.3) is 0 Å². The number of nitro groups is 1. The minimum absolute atomic E-state index is 0.124. The summed E-state index contributed by atoms with van der Waals surface area (Å²) in [6.45, 7) is 3.31. The molecule has 7 heteroatoms. The third kappa shape index (κ3) is 4.93. The van der Waals surface area contributed by atoms with E-state index in [-0.39, 0.29) is 23.7 Å². The van der Waals surface area contributed by atoms with Crippen molar-refractivity contribution in [2.75, 3.05) is 11.9 Å². The van der Waals surface area contributed by atoms with Gasteiger partial charge in [0.1, 0.15) is 23.0 Å². The number of benzene rings is 2. The second kappa shape index (κ2) is 6.62. The fourth-order valence-electron chi connectivity index (χ4n) is 1.83. The molecule has 0 radical (unpaired) electrons. The van der Waals surface area contributed by atoms with Gasteiger partial charge in [-0.15, -0.1) is 0 Å². The molecule has 0 aliphatic rings. The molecule has 0 amide bonds. The second-order valence-corrected chi connectivity index (χ2v) is 5.66. The maximum atomic E-state index is 12.9. The predicted molar refractivity (Wildman–Crippen MR) is 84.4 cm³/mol. The van der Waals surface area contributed by atoms with E-state index < -0.39 is 10.5 Å². The van der Waals surface area contributed by atoms with Gasteiger partial charge in [-0.1, -0.05) is 0 Å². The third-order valence-corrected chi connectivity index (χ3v) is 2.93. The summed E-state index contributed by atoms with van der Waals surface area (Å²) in [7, 11) is 0. The summed E-state index contributed by atoms with van der Waals surface area (Å²) < 4.78 is 18.4. The number of nitrogens with one attached hydrogen (secondary N) is 1. The number of aliphatic hydroxyl groups is 1. The summed E-state index contributed by atoms with van der Waals surface area (Å²) in [6, 6.07) is 9.67. The van der Waals surface area contributed by atoms with E-state index in [2.05, 4.69) is 5.32 Å². The molecule has 0 bridgehead atoms. The molecule has 122 valence electrons. The summed E-state index contributed by atoms with van der Waals surface area (Å²) in [5.74, 6) is 0.391. The molecule has 0 atom stereocenters. The Morgan fingerprint density at radius 3 is 2.39 bits per heavy atom. The van der Waals surface area contributed by atoms with Crippen LogP contribution in [0.3, 0.4) is 0 Å². The van der Waals surface area contributed by atoms with Crippen LogP contribution in [-0.4, -0.2) is 22.2 Å². The van der Waals surface area contributed by atoms with E-state index in [1.54, 1.807) is 13.8 Å². The summed E-state index contributed by atoms with van der Waals surface area (Å²) in [5, 5.41) is 23.7. The molecule has 0 saturated heterocycles. The zero-order valence-electron chi connectivity index (χ0n) is 12.7. The number of nitro benzene ring substituents is 1. The first kappa shape index (κ1) is 16.7. The molecule has 2 aromatic carbocycles. The summed E-state index contributed by atoms with van der Waals surface area (Å²) in [5.41, 5.74) is -0.917. The van der Waals surface area contributed by atoms with Crippen LogP contribution in [0.2, 0.25) is 0 Å². The monoisotopic (exact) mass is 320 g/mol. The lowest BCUT2D eigenvalue weighted by molar-refractivity contribution is -0.384. The van der Waals surface area contributed by atoms with E-state index in [1.165, 1.54) is 42.5 Å². The van der Waals surface area contributed by atoms with Gasteiger partial charge in [0.15, 0.2) is 0 Å². The van der Waals surface area contributed by atoms with Gasteiger partial charge >= 0.3 is 0 Å². The highest BCUT2D eigenvalue weighted by Gasteiger charge is 2.18. The zero-order chi connectivity index (χ0) is 17.0. The first-order chi connectivity index (χ1) is 10.7. The van der Waals surface area contributed by atoms with Crippen molar-refractivity contribution in [1.29, 1.82) is 0 Å². The Kier molecular flexibility index (Phi) is 4.80. The standard InChI is InChI=1S/C16H17FN2O4/c1-16(2,20)10-18-14-9-13(7-8-15(14)19(21)22)23-12-5-3-11(17)4-6-12/h3-9,18,20H,10H2,1-2H3. The van der Waals surface area contributed by atoms with Crippen molar-refractivity contribution in [3.8, 4) is 11.5 Å². The van der Waals surface area contributed by atoms with Crippen molar-refractivity contribution in [3.05, 3.63) is 58.4 Å². The van der Waals surface area contributed by atoms with Crippen molar-refractivity contribution >= 4 is 11.4 Å². The highest BCUT2D eigenvalue weighted by atomic mass is 19.1. The van der Waals surface area contributed by atoms with Gasteiger partial charge in [-0.3, -0.25) is 10.1 Å². The Balaban J connectivity index is 2.24. The van der Waals surface area contributed by atoms with E-state index in [4.69, 9.17) is 4.74 Å². The summed E-state index contributed by atoms with van der Waals surface area (Å²) in [4.78, 5) is 10.6. The van der Waals surface area contributed by atoms with Crippen LogP contribution in [0.5, 0.6) is 11.5 Å². The van der Waals surface area contributed by atoms with Gasteiger partial charge in [-0.25, -0.2) is 4.39 Å². The highest BCUT2D eigenvalue weighted by molar-refractivity contribution is 5.64. The van der Waals surface area contributed by atoms with Crippen LogP contribution >= 0.6 is 0 Å². The molecule has 0 aromatic heterocycles. The predicted octanol–water partition coefficient (Wildman–Crippen LogP) is 3.71. The molecule has 0 aliphatic carbocycles. The van der Waals surface area contributed by atoms with Crippen molar-refractivity contribution in [1.82, 2.24) is 0 Å². The van der Waals surface area contributed by atoms with Crippen LogP contribution in [0.1, 0.15) is 13.8 Å². The quantitative estimate of drug-likeness (QED) is 0.626. The second-order valence-electron chi connectivity index (χ2n) is 5.66. The SMILES string of the molecule is CC(C)(O)CNc1cc(Oc2ccc(F)cc2)ccc1[N+](=O)[O-]. The van der Waals surface area contributed by atoms with Gasteiger partial charge < -0.3 is 15.2 Å². The molecular formula is C16H17FN2O4. The molecule has 0 unspecified atom stereocenters. The lowest BCUT2D eigenvalue weighted by atomic mass is 10.1. The Bertz CT molecular complexity index is 696. The average Bonchev–Trinajstić information content (AvgIpc) is 2.47. The average molecular weight is 320 g/mol. The molecule has 2 rings (SSSR count). The van der Waals surface area contributed by atoms with E-state index in [0.29, 0.717) is 11.5 Å². The van der Waals surface area contributed by atoms with Gasteiger partial charge in [-0.05, 0) is 44.2 Å². The van der Waals surface area contributed by atoms with Crippen LogP contribution in [-0.2, 0) is 0 Å². The molecule has 0 saturated carbocycles. The van der Waals surface area contributed by atoms with Gasteiger partial charge in [-0.2, -0.15) is 0 Å². The van der Waals surface area contributed by atoms with Gasteiger partial charge in [0, 0.05) is 18.7 Å². The fraction of sp³-hybridized carbons (Fsp3) is 0.250. The van der Waals surface area contributed by atoms with Crippen molar-refractivity contribution in [3.63, 3.8) is 0 Å². The first-order valence-electron chi connectivity index (χ1n) is 6.93. The van der Waals surface area contributed by atoms with Crippen LogP contribution in [0, 0.1) is 15.9 Å². The zero-order valence-corrected chi connectivity index (χ0v) is 12.7. The molecule has 23 heavy (non-hydrogen) atoms. The summed E-state index contributed by atoms with van der Waals surface area (Å²) in [6.07, 6.45) is 0. The molecule has 0 spiro atoms. The summed E-state index contributed by atoms with van der Waals surface area (Å²) >= 11 is 0. The largest absolute Gasteiger partial charge is 0.457 e. The number of nitrogens with zero attached hydrogens (tertiary/aromatic N) is 1. The number of halogens is 1. The lowest BCUT2D eigenvalue weighted by Gasteiger charge is -2.18. The maximum absolute atomic E-state index is 12.9. The molecule has 2 aromatic rings. The van der Waals surface area contributed by atoms with E-state index in [0.717, 1.165) is 0 Å². The van der Waals surface area contributed by atoms with Crippen molar-refractivity contribution < 1.29 is 19.2 Å². The van der Waals surface area contributed by atoms with Crippen LogP contribution in [0.4, 0.5) is 15.8 Å². The third-order valence-electron chi connectivity index (χ3n) is 2.93. The molecule has 2 N–H and O–H groups in total. The number of hydrogen-bond donors (Lipinski definition) is 2. The number of rotatable bonds is 6. The fourth-order valence-corrected chi connectivity index (χ4v) is 1.83. The minimum atomic E-state index is -1.03. The Labute approximate surface area is 132 Å². The van der Waals surface area contributed by atoms with Crippen molar-refractivity contribution in [2.24, 2.45) is 0 Å². The van der Waals surface area contributed by atoms with Gasteiger partial charge in [0.05, 0.1) is 10.5 Å². The van der Waals surface area contributed by atoms with E-state index in [9.17, 15) is 19.6 Å². The Morgan fingerprint density at radius 1 is 1.22 bits per heavy atom. The number of ether oxygens (including phenoxy) is 1. The molecule has 0 fully saturated rings. The first-order valence-corrected chi connectivity index (χ1v) is 6.93. The number of anilines is 1. The lowest BCUT2D eigenvalue weighted by Crippen LogP contribution is -2.29. The number of hydrogen-bond acceptors (Lipinski definition) is 5. The highest BCUT2D eigenvalue weighted by Crippen LogP contribution is 2.31. The Morgan fingerprint density at radius 2 is 1.83 bits per heavy atom. The normalized spacial score (nSPS) is 11.1. The smallest absolute Gasteiger partial charge is 0.292 e. The topological polar surface area (TPSA) is 84.6 Å². The van der Waals surface area contributed by atoms with Crippen molar-refractivity contribution in [2.45, 2.75) is 19.4 Å². The van der Waals surface area contributed by atoms with Gasteiger partial charge in [0.25, 0.3) is 5.69 Å². The molecule has 0 aliphatic heterocycles. The van der Waals surface area contributed by atoms with Crippen LogP contribution < -0.4 is 10.1 Å². The molecule has 6 nitrogen and oxygen atoms in total. The molecular weight excluding hydrogens is 303 g/mol. The minimum Gasteiger partial charge on any atom is -0.457 e. The van der Waals surface area contributed by atoms with E-state index >= 15 is 0 Å².